The molecule has 0 fully saturated rings. The highest BCUT2D eigenvalue weighted by Crippen LogP contribution is 2.36. The second kappa shape index (κ2) is 9.44. The van der Waals surface area contributed by atoms with Gasteiger partial charge in [-0.15, -0.1) is 0 Å². The van der Waals surface area contributed by atoms with E-state index >= 15 is 0 Å². The minimum absolute atomic E-state index is 0.00599. The molecule has 0 spiro atoms. The molecular weight excluding hydrogens is 523 g/mol. The van der Waals surface area contributed by atoms with Gasteiger partial charge < -0.3 is 9.84 Å². The summed E-state index contributed by atoms with van der Waals surface area (Å²) in [6.45, 7) is 2.74. The molecule has 9 nitrogen and oxygen atoms in total. The lowest BCUT2D eigenvalue weighted by Crippen LogP contribution is -2.37. The lowest BCUT2D eigenvalue weighted by atomic mass is 10.0. The Morgan fingerprint density at radius 3 is 2.23 bits per heavy atom. The summed E-state index contributed by atoms with van der Waals surface area (Å²) >= 11 is 6.00. The Labute approximate surface area is 206 Å². The Morgan fingerprint density at radius 2 is 1.66 bits per heavy atom. The highest BCUT2D eigenvalue weighted by atomic mass is 35.5. The zero-order valence-corrected chi connectivity index (χ0v) is 21.0. The van der Waals surface area contributed by atoms with Crippen LogP contribution in [0.5, 0.6) is 5.75 Å². The maximum Gasteiger partial charge on any atom is 0.347 e. The number of hydrogen-bond acceptors (Lipinski definition) is 7. The maximum absolute atomic E-state index is 14.9. The number of aliphatic carboxylic acids is 1. The number of pyridine rings is 1. The molecule has 186 valence electrons. The SMILES string of the molecule is CC(C)(Oc1ccc(-c2cc(Cl)cc(F)c2NS(=O)(=O)c2cncc(S(C)(=O)=O)c2)cc1)C(=O)O. The summed E-state index contributed by atoms with van der Waals surface area (Å²) in [6.07, 6.45) is 2.83. The van der Waals surface area contributed by atoms with Crippen molar-refractivity contribution in [3.05, 3.63) is 65.7 Å². The summed E-state index contributed by atoms with van der Waals surface area (Å²) in [5, 5.41) is 9.21. The Kier molecular flexibility index (Phi) is 7.12. The molecule has 1 aromatic heterocycles. The average Bonchev–Trinajstić information content (AvgIpc) is 2.75. The van der Waals surface area contributed by atoms with E-state index in [-0.39, 0.29) is 21.2 Å². The van der Waals surface area contributed by atoms with Gasteiger partial charge in [-0.2, -0.15) is 0 Å². The van der Waals surface area contributed by atoms with Crippen LogP contribution >= 0.6 is 11.6 Å². The number of halogens is 2. The fraction of sp³-hybridized carbons (Fsp3) is 0.182. The molecule has 0 saturated heterocycles. The highest BCUT2D eigenvalue weighted by molar-refractivity contribution is 7.93. The van der Waals surface area contributed by atoms with Gasteiger partial charge in [-0.05, 0) is 49.7 Å². The van der Waals surface area contributed by atoms with Crippen molar-refractivity contribution in [2.75, 3.05) is 11.0 Å². The standard InChI is InChI=1S/C22H20ClFN2O7S2/c1-22(2,21(27)28)33-15-6-4-13(5-7-15)18-8-14(23)9-19(24)20(18)26-35(31,32)17-10-16(11-25-12-17)34(3,29)30/h4-12,26H,1-3H3,(H,27,28). The van der Waals surface area contributed by atoms with Crippen LogP contribution in [0.2, 0.25) is 5.02 Å². The number of hydrogen-bond donors (Lipinski definition) is 2. The molecular formula is C22H20ClFN2O7S2. The number of benzene rings is 2. The number of nitrogens with one attached hydrogen (secondary N) is 1. The quantitative estimate of drug-likeness (QED) is 0.435. The number of rotatable bonds is 8. The van der Waals surface area contributed by atoms with E-state index in [1.807, 2.05) is 0 Å². The van der Waals surface area contributed by atoms with Crippen molar-refractivity contribution in [3.63, 3.8) is 0 Å². The lowest BCUT2D eigenvalue weighted by Gasteiger charge is -2.21. The van der Waals surface area contributed by atoms with Gasteiger partial charge in [0.2, 0.25) is 0 Å². The number of ether oxygens (including phenoxy) is 1. The van der Waals surface area contributed by atoms with Gasteiger partial charge in [0.05, 0.1) is 10.6 Å². The van der Waals surface area contributed by atoms with Crippen molar-refractivity contribution < 1.29 is 35.9 Å². The van der Waals surface area contributed by atoms with Crippen molar-refractivity contribution in [3.8, 4) is 16.9 Å². The average molecular weight is 543 g/mol. The zero-order valence-electron chi connectivity index (χ0n) is 18.6. The molecule has 2 aromatic carbocycles. The van der Waals surface area contributed by atoms with Crippen LogP contribution < -0.4 is 9.46 Å². The van der Waals surface area contributed by atoms with E-state index in [9.17, 15) is 31.1 Å². The van der Waals surface area contributed by atoms with Crippen molar-refractivity contribution >= 4 is 43.1 Å². The molecule has 0 atom stereocenters. The van der Waals surface area contributed by atoms with E-state index < -0.39 is 47.8 Å². The highest BCUT2D eigenvalue weighted by Gasteiger charge is 2.29. The molecule has 0 bridgehead atoms. The third-order valence-electron chi connectivity index (χ3n) is 4.77. The number of anilines is 1. The van der Waals surface area contributed by atoms with E-state index in [2.05, 4.69) is 9.71 Å². The lowest BCUT2D eigenvalue weighted by molar-refractivity contribution is -0.152. The van der Waals surface area contributed by atoms with Crippen molar-refractivity contribution in [2.45, 2.75) is 29.2 Å². The topological polar surface area (TPSA) is 140 Å². The summed E-state index contributed by atoms with van der Waals surface area (Å²) in [5.74, 6) is -1.94. The molecule has 0 aliphatic carbocycles. The Morgan fingerprint density at radius 1 is 1.06 bits per heavy atom. The van der Waals surface area contributed by atoms with Crippen molar-refractivity contribution in [1.82, 2.24) is 4.98 Å². The second-order valence-electron chi connectivity index (χ2n) is 7.99. The minimum atomic E-state index is -4.45. The predicted molar refractivity (Wildman–Crippen MR) is 127 cm³/mol. The van der Waals surface area contributed by atoms with E-state index in [0.717, 1.165) is 30.8 Å². The van der Waals surface area contributed by atoms with E-state index in [4.69, 9.17) is 16.3 Å². The molecule has 13 heteroatoms. The summed E-state index contributed by atoms with van der Waals surface area (Å²) in [7, 11) is -8.19. The summed E-state index contributed by atoms with van der Waals surface area (Å²) in [6, 6.07) is 9.00. The van der Waals surface area contributed by atoms with Crippen LogP contribution in [0.4, 0.5) is 10.1 Å². The summed E-state index contributed by atoms with van der Waals surface area (Å²) in [5.41, 5.74) is -1.51. The molecule has 0 aliphatic rings. The number of nitrogens with zero attached hydrogens (tertiary/aromatic N) is 1. The Bertz CT molecular complexity index is 1510. The van der Waals surface area contributed by atoms with Crippen molar-refractivity contribution in [2.24, 2.45) is 0 Å². The van der Waals surface area contributed by atoms with Gasteiger partial charge in [0.25, 0.3) is 10.0 Å². The predicted octanol–water partition coefficient (Wildman–Crippen LogP) is 3.99. The largest absolute Gasteiger partial charge is 0.478 e. The van der Waals surface area contributed by atoms with Gasteiger partial charge in [0.1, 0.15) is 16.5 Å². The van der Waals surface area contributed by atoms with Crippen LogP contribution in [0.25, 0.3) is 11.1 Å². The number of sulfonamides is 1. The first kappa shape index (κ1) is 26.4. The van der Waals surface area contributed by atoms with E-state index in [1.165, 1.54) is 44.2 Å². The van der Waals surface area contributed by atoms with Crippen molar-refractivity contribution in [1.29, 1.82) is 0 Å². The summed E-state index contributed by atoms with van der Waals surface area (Å²) < 4.78 is 71.9. The molecule has 1 heterocycles. The number of aromatic nitrogens is 1. The molecule has 35 heavy (non-hydrogen) atoms. The fourth-order valence-corrected chi connectivity index (χ4v) is 4.84. The minimum Gasteiger partial charge on any atom is -0.478 e. The molecule has 0 saturated carbocycles. The third-order valence-corrected chi connectivity index (χ3v) is 7.39. The third kappa shape index (κ3) is 6.08. The maximum atomic E-state index is 14.9. The molecule has 0 radical (unpaired) electrons. The first-order valence-electron chi connectivity index (χ1n) is 9.80. The van der Waals surface area contributed by atoms with Crippen LogP contribution in [-0.4, -0.2) is 44.8 Å². The molecule has 0 amide bonds. The molecule has 0 aliphatic heterocycles. The Balaban J connectivity index is 2.03. The number of carboxylic acid groups (broad SMARTS) is 1. The summed E-state index contributed by atoms with van der Waals surface area (Å²) in [4.78, 5) is 14.1. The Hall–Kier alpha value is -3.22. The van der Waals surface area contributed by atoms with E-state index in [1.54, 1.807) is 0 Å². The fourth-order valence-electron chi connectivity index (χ4n) is 2.89. The van der Waals surface area contributed by atoms with E-state index in [0.29, 0.717) is 5.56 Å². The van der Waals surface area contributed by atoms with Gasteiger partial charge in [-0.25, -0.2) is 26.0 Å². The van der Waals surface area contributed by atoms with Crippen LogP contribution in [0.15, 0.2) is 64.6 Å². The van der Waals surface area contributed by atoms with Gasteiger partial charge in [-0.1, -0.05) is 23.7 Å². The van der Waals surface area contributed by atoms with Crippen LogP contribution in [0.3, 0.4) is 0 Å². The first-order chi connectivity index (χ1) is 16.1. The molecule has 2 N–H and O–H groups in total. The first-order valence-corrected chi connectivity index (χ1v) is 13.6. The molecule has 0 unspecified atom stereocenters. The van der Waals surface area contributed by atoms with Gasteiger partial charge in [0.15, 0.2) is 15.4 Å². The zero-order chi connectivity index (χ0) is 26.2. The molecule has 3 aromatic rings. The number of carboxylic acids is 1. The number of sulfone groups is 1. The van der Waals surface area contributed by atoms with Crippen LogP contribution in [-0.2, 0) is 24.7 Å². The number of carbonyl (C=O) groups is 1. The monoisotopic (exact) mass is 542 g/mol. The van der Waals surface area contributed by atoms with Gasteiger partial charge in [-0.3, -0.25) is 9.71 Å². The van der Waals surface area contributed by atoms with Gasteiger partial charge >= 0.3 is 5.97 Å². The smallest absolute Gasteiger partial charge is 0.347 e. The normalized spacial score (nSPS) is 12.3. The molecule has 3 rings (SSSR count). The van der Waals surface area contributed by atoms with Gasteiger partial charge in [0, 0.05) is 29.2 Å². The second-order valence-corrected chi connectivity index (χ2v) is 12.1. The van der Waals surface area contributed by atoms with Crippen LogP contribution in [0.1, 0.15) is 13.8 Å². The van der Waals surface area contributed by atoms with Crippen LogP contribution in [0, 0.1) is 5.82 Å².